The second kappa shape index (κ2) is 3.61. The van der Waals surface area contributed by atoms with E-state index in [2.05, 4.69) is 12.1 Å². The zero-order chi connectivity index (χ0) is 10.4. The van der Waals surface area contributed by atoms with Crippen LogP contribution >= 0.6 is 23.2 Å². The summed E-state index contributed by atoms with van der Waals surface area (Å²) in [5.74, 6) is 3.34. The van der Waals surface area contributed by atoms with Crippen molar-refractivity contribution >= 4 is 23.2 Å². The molecule has 0 nitrogen and oxygen atoms in total. The van der Waals surface area contributed by atoms with Gasteiger partial charge in [0.1, 0.15) is 5.56 Å². The molecule has 1 aromatic rings. The van der Waals surface area contributed by atoms with E-state index in [0.717, 1.165) is 21.9 Å². The smallest absolute Gasteiger partial charge is 0.0682 e. The zero-order valence-corrected chi connectivity index (χ0v) is 9.98. The molecule has 0 heterocycles. The van der Waals surface area contributed by atoms with Crippen molar-refractivity contribution < 1.29 is 0 Å². The summed E-state index contributed by atoms with van der Waals surface area (Å²) in [6, 6.07) is 5.92. The van der Waals surface area contributed by atoms with Gasteiger partial charge < -0.3 is 0 Å². The molecule has 0 N–H and O–H groups in total. The van der Waals surface area contributed by atoms with Crippen molar-refractivity contribution in [1.82, 2.24) is 0 Å². The summed E-state index contributed by atoms with van der Waals surface area (Å²) in [5.41, 5.74) is 1.28. The first-order valence-corrected chi connectivity index (χ1v) is 6.30. The maximum atomic E-state index is 6.03. The third-order valence-electron chi connectivity index (χ3n) is 3.78. The summed E-state index contributed by atoms with van der Waals surface area (Å²) >= 11 is 12.1. The third kappa shape index (κ3) is 1.74. The molecule has 2 unspecified atom stereocenters. The molecule has 2 aliphatic carbocycles. The Hall–Kier alpha value is -0.330. The quantitative estimate of drug-likeness (QED) is 0.622. The Labute approximate surface area is 101 Å². The standard InChI is InChI=1S/C13H13Cl2/c14-11-5-10(6-12(15)7-11)13-4-8-1-2-9(13)3-8/h5-9H,1-4H2/q+1. The molecular formula is C13H13Cl2+. The van der Waals surface area contributed by atoms with Crippen LogP contribution in [0.25, 0.3) is 0 Å². The Balaban J connectivity index is 1.93. The molecule has 0 amide bonds. The van der Waals surface area contributed by atoms with Crippen LogP contribution in [0.15, 0.2) is 18.2 Å². The van der Waals surface area contributed by atoms with Crippen LogP contribution < -0.4 is 0 Å². The van der Waals surface area contributed by atoms with Gasteiger partial charge in [-0.15, -0.1) is 0 Å². The number of halogens is 2. The average Bonchev–Trinajstić information content (AvgIpc) is 2.76. The second-order valence-corrected chi connectivity index (χ2v) is 5.64. The molecule has 3 rings (SSSR count). The molecule has 0 saturated heterocycles. The minimum absolute atomic E-state index is 0.757. The molecule has 2 bridgehead atoms. The van der Waals surface area contributed by atoms with Crippen LogP contribution in [-0.2, 0) is 0 Å². The van der Waals surface area contributed by atoms with Crippen molar-refractivity contribution in [3.63, 3.8) is 0 Å². The first-order chi connectivity index (χ1) is 7.22. The molecule has 2 atom stereocenters. The van der Waals surface area contributed by atoms with Gasteiger partial charge in [-0.2, -0.15) is 0 Å². The van der Waals surface area contributed by atoms with E-state index >= 15 is 0 Å². The first kappa shape index (κ1) is 9.86. The Morgan fingerprint density at radius 2 is 1.80 bits per heavy atom. The number of fused-ring (bicyclic) bond motifs is 2. The third-order valence-corrected chi connectivity index (χ3v) is 4.21. The van der Waals surface area contributed by atoms with Crippen LogP contribution in [0, 0.1) is 17.8 Å². The van der Waals surface area contributed by atoms with E-state index in [9.17, 15) is 0 Å². The molecule has 78 valence electrons. The summed E-state index contributed by atoms with van der Waals surface area (Å²) in [6.07, 6.45) is 5.44. The second-order valence-electron chi connectivity index (χ2n) is 4.76. The van der Waals surface area contributed by atoms with Gasteiger partial charge in [0.25, 0.3) is 0 Å². The van der Waals surface area contributed by atoms with Crippen molar-refractivity contribution in [3.05, 3.63) is 39.7 Å². The maximum absolute atomic E-state index is 6.03. The average molecular weight is 240 g/mol. The lowest BCUT2D eigenvalue weighted by molar-refractivity contribution is 0.525. The molecule has 0 radical (unpaired) electrons. The Morgan fingerprint density at radius 3 is 2.33 bits per heavy atom. The molecule has 0 aliphatic heterocycles. The maximum Gasteiger partial charge on any atom is 0.136 e. The predicted octanol–water partition coefficient (Wildman–Crippen LogP) is 4.74. The number of hydrogen-bond acceptors (Lipinski definition) is 0. The highest BCUT2D eigenvalue weighted by Crippen LogP contribution is 2.52. The van der Waals surface area contributed by atoms with E-state index in [1.165, 1.54) is 31.2 Å². The van der Waals surface area contributed by atoms with Gasteiger partial charge in [0.05, 0.1) is 22.2 Å². The van der Waals surface area contributed by atoms with Crippen LogP contribution in [0.4, 0.5) is 0 Å². The summed E-state index contributed by atoms with van der Waals surface area (Å²) in [6.45, 7) is 0. The van der Waals surface area contributed by atoms with E-state index in [-0.39, 0.29) is 0 Å². The fourth-order valence-corrected chi connectivity index (χ4v) is 3.67. The van der Waals surface area contributed by atoms with Crippen molar-refractivity contribution in [3.8, 4) is 0 Å². The van der Waals surface area contributed by atoms with Gasteiger partial charge in [-0.05, 0) is 25.2 Å². The lowest BCUT2D eigenvalue weighted by atomic mass is 9.83. The normalized spacial score (nSPS) is 28.8. The Bertz CT molecular complexity index is 366. The van der Waals surface area contributed by atoms with Gasteiger partial charge in [-0.1, -0.05) is 23.2 Å². The van der Waals surface area contributed by atoms with Crippen molar-refractivity contribution in [2.75, 3.05) is 0 Å². The fourth-order valence-electron chi connectivity index (χ4n) is 3.15. The number of hydrogen-bond donors (Lipinski definition) is 0. The molecular weight excluding hydrogens is 227 g/mol. The monoisotopic (exact) mass is 239 g/mol. The summed E-state index contributed by atoms with van der Waals surface area (Å²) in [4.78, 5) is 0. The number of benzene rings is 1. The Kier molecular flexibility index (Phi) is 2.37. The van der Waals surface area contributed by atoms with E-state index in [1.807, 2.05) is 0 Å². The molecule has 2 fully saturated rings. The van der Waals surface area contributed by atoms with Crippen LogP contribution in [0.1, 0.15) is 31.2 Å². The topological polar surface area (TPSA) is 0 Å². The van der Waals surface area contributed by atoms with E-state index in [4.69, 9.17) is 23.2 Å². The molecule has 0 spiro atoms. The highest BCUT2D eigenvalue weighted by atomic mass is 35.5. The summed E-state index contributed by atoms with van der Waals surface area (Å²) in [7, 11) is 0. The molecule has 2 heteroatoms. The molecule has 1 aromatic carbocycles. The highest BCUT2D eigenvalue weighted by molar-refractivity contribution is 6.34. The zero-order valence-electron chi connectivity index (χ0n) is 8.47. The van der Waals surface area contributed by atoms with Crippen LogP contribution in [-0.4, -0.2) is 0 Å². The minimum atomic E-state index is 0.757. The van der Waals surface area contributed by atoms with Crippen LogP contribution in [0.3, 0.4) is 0 Å². The van der Waals surface area contributed by atoms with Gasteiger partial charge in [-0.3, -0.25) is 0 Å². The van der Waals surface area contributed by atoms with Gasteiger partial charge in [0.2, 0.25) is 0 Å². The lowest BCUT2D eigenvalue weighted by Gasteiger charge is -2.15. The fraction of sp³-hybridized carbons (Fsp3) is 0.462. The van der Waals surface area contributed by atoms with Crippen LogP contribution in [0.2, 0.25) is 10.0 Å². The SMILES string of the molecule is Clc1cc(Cl)cc([C+]2CC3CCC2C3)c1. The van der Waals surface area contributed by atoms with E-state index in [0.29, 0.717) is 0 Å². The molecule has 0 aromatic heterocycles. The molecule has 2 saturated carbocycles. The largest absolute Gasteiger partial charge is 0.136 e. The van der Waals surface area contributed by atoms with Crippen molar-refractivity contribution in [2.45, 2.75) is 25.7 Å². The van der Waals surface area contributed by atoms with Crippen LogP contribution in [0.5, 0.6) is 0 Å². The van der Waals surface area contributed by atoms with Gasteiger partial charge in [0, 0.05) is 24.3 Å². The van der Waals surface area contributed by atoms with Crippen molar-refractivity contribution in [1.29, 1.82) is 0 Å². The van der Waals surface area contributed by atoms with Gasteiger partial charge >= 0.3 is 0 Å². The predicted molar refractivity (Wildman–Crippen MR) is 64.3 cm³/mol. The van der Waals surface area contributed by atoms with E-state index < -0.39 is 0 Å². The highest BCUT2D eigenvalue weighted by Gasteiger charge is 2.44. The van der Waals surface area contributed by atoms with Gasteiger partial charge in [-0.25, -0.2) is 0 Å². The number of rotatable bonds is 1. The van der Waals surface area contributed by atoms with E-state index in [1.54, 1.807) is 12.0 Å². The summed E-state index contributed by atoms with van der Waals surface area (Å²) < 4.78 is 0. The first-order valence-electron chi connectivity index (χ1n) is 5.54. The van der Waals surface area contributed by atoms with Gasteiger partial charge in [0.15, 0.2) is 0 Å². The summed E-state index contributed by atoms with van der Waals surface area (Å²) in [5, 5.41) is 1.51. The lowest BCUT2D eigenvalue weighted by Crippen LogP contribution is -2.09. The minimum Gasteiger partial charge on any atom is -0.0682 e. The Morgan fingerprint density at radius 1 is 1.07 bits per heavy atom. The molecule has 2 aliphatic rings. The molecule has 15 heavy (non-hydrogen) atoms. The van der Waals surface area contributed by atoms with Crippen molar-refractivity contribution in [2.24, 2.45) is 11.8 Å².